The molecule has 20 heavy (non-hydrogen) atoms. The van der Waals surface area contributed by atoms with E-state index in [1.165, 1.54) is 24.8 Å². The number of benzene rings is 1. The van der Waals surface area contributed by atoms with Crippen LogP contribution in [0.15, 0.2) is 24.3 Å². The zero-order valence-corrected chi connectivity index (χ0v) is 12.9. The summed E-state index contributed by atoms with van der Waals surface area (Å²) < 4.78 is 0. The van der Waals surface area contributed by atoms with Crippen molar-refractivity contribution in [3.63, 3.8) is 0 Å². The van der Waals surface area contributed by atoms with Crippen molar-refractivity contribution >= 4 is 5.97 Å². The second kappa shape index (κ2) is 9.54. The quantitative estimate of drug-likeness (QED) is 0.373. The van der Waals surface area contributed by atoms with Crippen LogP contribution in [-0.4, -0.2) is 12.1 Å². The van der Waals surface area contributed by atoms with E-state index in [1.807, 2.05) is 19.1 Å². The molecule has 1 aromatic rings. The van der Waals surface area contributed by atoms with E-state index < -0.39 is 5.97 Å². The minimum absolute atomic E-state index is 0.0503. The molecule has 1 unspecified atom stereocenters. The van der Waals surface area contributed by atoms with Crippen LogP contribution in [0.4, 0.5) is 0 Å². The molecule has 0 bridgehead atoms. The minimum Gasteiger partial charge on any atom is -0.293 e. The highest BCUT2D eigenvalue weighted by molar-refractivity contribution is 5.88. The molecule has 1 atom stereocenters. The van der Waals surface area contributed by atoms with Crippen molar-refractivity contribution in [2.24, 2.45) is 0 Å². The Morgan fingerprint density at radius 3 is 2.40 bits per heavy atom. The van der Waals surface area contributed by atoms with E-state index in [4.69, 9.17) is 9.78 Å². The van der Waals surface area contributed by atoms with Crippen LogP contribution < -0.4 is 0 Å². The van der Waals surface area contributed by atoms with Crippen LogP contribution in [-0.2, 0) is 16.2 Å². The largest absolute Gasteiger partial charge is 0.373 e. The SMILES string of the molecule is CCCCCCC(C)OOC(=O)c1ccc(CC)cc1. The van der Waals surface area contributed by atoms with Crippen molar-refractivity contribution in [2.45, 2.75) is 65.4 Å². The highest BCUT2D eigenvalue weighted by atomic mass is 17.2. The van der Waals surface area contributed by atoms with E-state index in [1.54, 1.807) is 12.1 Å². The first-order chi connectivity index (χ1) is 9.67. The van der Waals surface area contributed by atoms with Crippen molar-refractivity contribution in [3.8, 4) is 0 Å². The van der Waals surface area contributed by atoms with Crippen molar-refractivity contribution in [3.05, 3.63) is 35.4 Å². The van der Waals surface area contributed by atoms with E-state index >= 15 is 0 Å². The fraction of sp³-hybridized carbons (Fsp3) is 0.588. The lowest BCUT2D eigenvalue weighted by molar-refractivity contribution is -0.271. The molecular formula is C17H26O3. The molecule has 1 rings (SSSR count). The van der Waals surface area contributed by atoms with Crippen LogP contribution in [0.25, 0.3) is 0 Å². The molecule has 0 saturated carbocycles. The van der Waals surface area contributed by atoms with Gasteiger partial charge in [-0.15, -0.1) is 0 Å². The van der Waals surface area contributed by atoms with E-state index in [9.17, 15) is 4.79 Å². The summed E-state index contributed by atoms with van der Waals surface area (Å²) in [5.41, 5.74) is 1.73. The molecule has 0 heterocycles. The molecule has 0 N–H and O–H groups in total. The van der Waals surface area contributed by atoms with Gasteiger partial charge in [-0.25, -0.2) is 4.79 Å². The summed E-state index contributed by atoms with van der Waals surface area (Å²) in [5.74, 6) is -0.423. The van der Waals surface area contributed by atoms with Crippen LogP contribution in [0.3, 0.4) is 0 Å². The number of carbonyl (C=O) groups excluding carboxylic acids is 1. The third-order valence-corrected chi connectivity index (χ3v) is 3.35. The number of aryl methyl sites for hydroxylation is 1. The molecule has 0 radical (unpaired) electrons. The Morgan fingerprint density at radius 2 is 1.80 bits per heavy atom. The van der Waals surface area contributed by atoms with Gasteiger partial charge in [-0.3, -0.25) is 4.89 Å². The van der Waals surface area contributed by atoms with Crippen LogP contribution in [0.5, 0.6) is 0 Å². The van der Waals surface area contributed by atoms with Gasteiger partial charge in [-0.2, -0.15) is 4.89 Å². The molecule has 0 aliphatic heterocycles. The molecule has 0 spiro atoms. The van der Waals surface area contributed by atoms with E-state index in [0.29, 0.717) is 5.56 Å². The third kappa shape index (κ3) is 6.20. The number of rotatable bonds is 9. The van der Waals surface area contributed by atoms with Gasteiger partial charge in [-0.1, -0.05) is 51.7 Å². The van der Waals surface area contributed by atoms with Crippen molar-refractivity contribution in [1.82, 2.24) is 0 Å². The van der Waals surface area contributed by atoms with Crippen LogP contribution >= 0.6 is 0 Å². The summed E-state index contributed by atoms with van der Waals surface area (Å²) in [5, 5.41) is 0. The van der Waals surface area contributed by atoms with E-state index in [0.717, 1.165) is 19.3 Å². The summed E-state index contributed by atoms with van der Waals surface area (Å²) in [7, 11) is 0. The van der Waals surface area contributed by atoms with Crippen LogP contribution in [0.2, 0.25) is 0 Å². The number of hydrogen-bond acceptors (Lipinski definition) is 3. The summed E-state index contributed by atoms with van der Waals surface area (Å²) >= 11 is 0. The van der Waals surface area contributed by atoms with Crippen LogP contribution in [0.1, 0.15) is 68.8 Å². The standard InChI is InChI=1S/C17H26O3/c1-4-6-7-8-9-14(3)19-20-17(18)16-12-10-15(5-2)11-13-16/h10-14H,4-9H2,1-3H3. The number of carbonyl (C=O) groups is 1. The lowest BCUT2D eigenvalue weighted by Crippen LogP contribution is -2.13. The predicted octanol–water partition coefficient (Wildman–Crippen LogP) is 4.70. The Morgan fingerprint density at radius 1 is 1.10 bits per heavy atom. The molecule has 3 nitrogen and oxygen atoms in total. The maximum absolute atomic E-state index is 11.8. The second-order valence-corrected chi connectivity index (χ2v) is 5.18. The van der Waals surface area contributed by atoms with Gasteiger partial charge in [0.2, 0.25) is 0 Å². The minimum atomic E-state index is -0.423. The molecule has 0 fully saturated rings. The maximum Gasteiger partial charge on any atom is 0.373 e. The van der Waals surface area contributed by atoms with E-state index in [2.05, 4.69) is 13.8 Å². The van der Waals surface area contributed by atoms with Gasteiger partial charge < -0.3 is 0 Å². The average molecular weight is 278 g/mol. The van der Waals surface area contributed by atoms with Gasteiger partial charge in [0.25, 0.3) is 0 Å². The summed E-state index contributed by atoms with van der Waals surface area (Å²) in [6.45, 7) is 6.20. The molecule has 0 saturated heterocycles. The summed E-state index contributed by atoms with van der Waals surface area (Å²) in [6, 6.07) is 7.42. The monoisotopic (exact) mass is 278 g/mol. The lowest BCUT2D eigenvalue weighted by Gasteiger charge is -2.11. The number of hydrogen-bond donors (Lipinski definition) is 0. The first-order valence-corrected chi connectivity index (χ1v) is 7.64. The molecular weight excluding hydrogens is 252 g/mol. The first kappa shape index (κ1) is 16.7. The van der Waals surface area contributed by atoms with Crippen LogP contribution in [0, 0.1) is 0 Å². The van der Waals surface area contributed by atoms with Gasteiger partial charge in [0.05, 0.1) is 5.56 Å². The molecule has 0 amide bonds. The van der Waals surface area contributed by atoms with Crippen molar-refractivity contribution in [2.75, 3.05) is 0 Å². The highest BCUT2D eigenvalue weighted by Gasteiger charge is 2.11. The summed E-state index contributed by atoms with van der Waals surface area (Å²) in [6.07, 6.45) is 6.61. The lowest BCUT2D eigenvalue weighted by atomic mass is 10.1. The smallest absolute Gasteiger partial charge is 0.293 e. The molecule has 0 aliphatic rings. The molecule has 0 aromatic heterocycles. The van der Waals surface area contributed by atoms with Gasteiger partial charge in [0, 0.05) is 0 Å². The average Bonchev–Trinajstić information content (AvgIpc) is 2.49. The Bertz CT molecular complexity index is 384. The fourth-order valence-corrected chi connectivity index (χ4v) is 1.96. The normalized spacial score (nSPS) is 12.2. The molecule has 1 aromatic carbocycles. The van der Waals surface area contributed by atoms with E-state index in [-0.39, 0.29) is 6.10 Å². The van der Waals surface area contributed by atoms with Gasteiger partial charge in [-0.05, 0) is 37.5 Å². The summed E-state index contributed by atoms with van der Waals surface area (Å²) in [4.78, 5) is 21.8. The number of unbranched alkanes of at least 4 members (excludes halogenated alkanes) is 3. The van der Waals surface area contributed by atoms with Gasteiger partial charge in [0.1, 0.15) is 6.10 Å². The topological polar surface area (TPSA) is 35.5 Å². The predicted molar refractivity (Wildman–Crippen MR) is 80.5 cm³/mol. The Balaban J connectivity index is 2.27. The first-order valence-electron chi connectivity index (χ1n) is 7.64. The highest BCUT2D eigenvalue weighted by Crippen LogP contribution is 2.10. The Labute approximate surface area is 122 Å². The van der Waals surface area contributed by atoms with Gasteiger partial charge in [0.15, 0.2) is 0 Å². The molecule has 3 heteroatoms. The van der Waals surface area contributed by atoms with Gasteiger partial charge >= 0.3 is 5.97 Å². The maximum atomic E-state index is 11.8. The van der Waals surface area contributed by atoms with Crippen molar-refractivity contribution in [1.29, 1.82) is 0 Å². The fourth-order valence-electron chi connectivity index (χ4n) is 1.96. The third-order valence-electron chi connectivity index (χ3n) is 3.35. The molecule has 112 valence electrons. The zero-order valence-electron chi connectivity index (χ0n) is 12.9. The van der Waals surface area contributed by atoms with Crippen molar-refractivity contribution < 1.29 is 14.6 Å². The zero-order chi connectivity index (χ0) is 14.8. The molecule has 0 aliphatic carbocycles. The Hall–Kier alpha value is -1.35. The second-order valence-electron chi connectivity index (χ2n) is 5.18. The Kier molecular flexibility index (Phi) is 7.97.